The van der Waals surface area contributed by atoms with Gasteiger partial charge in [0.2, 0.25) is 0 Å². The van der Waals surface area contributed by atoms with Crippen molar-refractivity contribution in [2.75, 3.05) is 0 Å². The fourth-order valence-corrected chi connectivity index (χ4v) is 2.41. The molecule has 0 saturated carbocycles. The van der Waals surface area contributed by atoms with Crippen LogP contribution in [-0.2, 0) is 17.7 Å². The van der Waals surface area contributed by atoms with Gasteiger partial charge in [-0.15, -0.1) is 0 Å². The number of rotatable bonds is 0. The van der Waals surface area contributed by atoms with E-state index in [9.17, 15) is 18.3 Å². The van der Waals surface area contributed by atoms with E-state index in [4.69, 9.17) is 0 Å². The quantitative estimate of drug-likeness (QED) is 0.562. The van der Waals surface area contributed by atoms with Gasteiger partial charge in [0.1, 0.15) is 5.56 Å². The summed E-state index contributed by atoms with van der Waals surface area (Å²) in [7, 11) is 0. The van der Waals surface area contributed by atoms with Crippen LogP contribution in [0.15, 0.2) is 36.4 Å². The smallest absolute Gasteiger partial charge is 0.289 e. The lowest BCUT2D eigenvalue weighted by Crippen LogP contribution is -2.05. The van der Waals surface area contributed by atoms with E-state index in [-0.39, 0.29) is 12.0 Å². The zero-order valence-corrected chi connectivity index (χ0v) is 9.21. The maximum atomic E-state index is 12.6. The van der Waals surface area contributed by atoms with Crippen LogP contribution in [0.1, 0.15) is 16.7 Å². The minimum Gasteiger partial charge on any atom is -0.289 e. The Balaban J connectivity index is 2.22. The molecule has 18 heavy (non-hydrogen) atoms. The lowest BCUT2D eigenvalue weighted by Gasteiger charge is -2.10. The number of benzene rings is 2. The van der Waals surface area contributed by atoms with Gasteiger partial charge in [-0.05, 0) is 22.8 Å². The maximum Gasteiger partial charge on any atom is 0.420 e. The first-order valence-corrected chi connectivity index (χ1v) is 5.47. The van der Waals surface area contributed by atoms with Gasteiger partial charge in [0, 0.05) is 12.0 Å². The van der Waals surface area contributed by atoms with E-state index in [1.165, 1.54) is 6.07 Å². The second-order valence-electron chi connectivity index (χ2n) is 4.30. The molecule has 0 fully saturated rings. The van der Waals surface area contributed by atoms with Crippen molar-refractivity contribution in [3.63, 3.8) is 0 Å². The predicted molar refractivity (Wildman–Crippen MR) is 59.8 cm³/mol. The highest BCUT2D eigenvalue weighted by molar-refractivity contribution is 5.79. The monoisotopic (exact) mass is 249 g/mol. The third kappa shape index (κ3) is 1.49. The Hall–Kier alpha value is -1.97. The third-order valence-corrected chi connectivity index (χ3v) is 3.24. The number of alkyl halides is 3. The summed E-state index contributed by atoms with van der Waals surface area (Å²) in [5.74, 6) is -0.892. The van der Waals surface area contributed by atoms with Crippen LogP contribution in [0.4, 0.5) is 13.2 Å². The number of hydrogen-bond donors (Lipinski definition) is 0. The predicted octanol–water partition coefficient (Wildman–Crippen LogP) is 4.42. The fourth-order valence-electron chi connectivity index (χ4n) is 2.41. The topological polar surface area (TPSA) is 19.9 Å². The van der Waals surface area contributed by atoms with E-state index in [0.29, 0.717) is 5.56 Å². The fraction of sp³-hybridized carbons (Fsp3) is 0.143. The molecular weight excluding hydrogens is 241 g/mol. The minimum atomic E-state index is -4.58. The largest absolute Gasteiger partial charge is 0.420 e. The molecular formula is C14H8F3O. The van der Waals surface area contributed by atoms with Crippen molar-refractivity contribution in [1.82, 2.24) is 0 Å². The lowest BCUT2D eigenvalue weighted by atomic mass is 10.0. The number of fused-ring (bicyclic) bond motifs is 3. The summed E-state index contributed by atoms with van der Waals surface area (Å²) in [6.45, 7) is 0. The Morgan fingerprint density at radius 1 is 0.944 bits per heavy atom. The highest BCUT2D eigenvalue weighted by Gasteiger charge is 2.37. The van der Waals surface area contributed by atoms with Crippen LogP contribution in [0.25, 0.3) is 11.1 Å². The van der Waals surface area contributed by atoms with Crippen LogP contribution in [0, 0.1) is 0 Å². The summed E-state index contributed by atoms with van der Waals surface area (Å²) in [5.41, 5.74) is 1.57. The molecule has 0 unspecified atom stereocenters. The van der Waals surface area contributed by atoms with E-state index in [0.717, 1.165) is 17.2 Å². The first-order valence-electron chi connectivity index (χ1n) is 5.47. The molecule has 2 aromatic carbocycles. The molecule has 0 amide bonds. The van der Waals surface area contributed by atoms with Gasteiger partial charge in [-0.1, -0.05) is 30.3 Å². The Kier molecular flexibility index (Phi) is 2.17. The van der Waals surface area contributed by atoms with Crippen LogP contribution in [0.5, 0.6) is 5.75 Å². The van der Waals surface area contributed by atoms with Crippen molar-refractivity contribution >= 4 is 0 Å². The molecule has 0 bridgehead atoms. The molecule has 0 aliphatic heterocycles. The van der Waals surface area contributed by atoms with Crippen molar-refractivity contribution in [3.05, 3.63) is 53.1 Å². The molecule has 0 atom stereocenters. The summed E-state index contributed by atoms with van der Waals surface area (Å²) in [5, 5.41) is 11.9. The van der Waals surface area contributed by atoms with Gasteiger partial charge in [-0.2, -0.15) is 13.2 Å². The average molecular weight is 249 g/mol. The molecule has 1 radical (unpaired) electrons. The molecule has 1 aliphatic rings. The molecule has 1 nitrogen and oxygen atoms in total. The maximum absolute atomic E-state index is 12.6. The van der Waals surface area contributed by atoms with Gasteiger partial charge in [-0.3, -0.25) is 5.11 Å². The van der Waals surface area contributed by atoms with Gasteiger partial charge in [0.05, 0.1) is 0 Å². The third-order valence-electron chi connectivity index (χ3n) is 3.24. The Morgan fingerprint density at radius 3 is 2.39 bits per heavy atom. The molecule has 0 aromatic heterocycles. The van der Waals surface area contributed by atoms with E-state index >= 15 is 0 Å². The van der Waals surface area contributed by atoms with Crippen LogP contribution in [0.2, 0.25) is 0 Å². The van der Waals surface area contributed by atoms with Crippen molar-refractivity contribution in [3.8, 4) is 16.9 Å². The molecule has 0 heterocycles. The first-order chi connectivity index (χ1) is 8.48. The van der Waals surface area contributed by atoms with E-state index in [1.807, 2.05) is 24.3 Å². The molecule has 0 N–H and O–H groups in total. The highest BCUT2D eigenvalue weighted by Crippen LogP contribution is 2.46. The first kappa shape index (κ1) is 11.1. The standard InChI is InChI=1S/C14H8F3O/c15-14(16,17)12-6-5-10-9-4-2-1-3-8(9)7-11(10)13(12)18/h1-6H,7H2. The summed E-state index contributed by atoms with van der Waals surface area (Å²) in [4.78, 5) is 0. The Bertz CT molecular complexity index is 629. The second-order valence-corrected chi connectivity index (χ2v) is 4.30. The molecule has 1 aliphatic carbocycles. The van der Waals surface area contributed by atoms with Crippen molar-refractivity contribution in [1.29, 1.82) is 0 Å². The second kappa shape index (κ2) is 3.51. The van der Waals surface area contributed by atoms with Gasteiger partial charge >= 0.3 is 6.18 Å². The molecule has 91 valence electrons. The lowest BCUT2D eigenvalue weighted by molar-refractivity contribution is -0.139. The van der Waals surface area contributed by atoms with E-state index in [2.05, 4.69) is 0 Å². The normalized spacial score (nSPS) is 13.3. The van der Waals surface area contributed by atoms with Crippen LogP contribution in [0.3, 0.4) is 0 Å². The molecule has 0 saturated heterocycles. The van der Waals surface area contributed by atoms with Crippen LogP contribution in [-0.4, -0.2) is 0 Å². The summed E-state index contributed by atoms with van der Waals surface area (Å²) >= 11 is 0. The van der Waals surface area contributed by atoms with E-state index in [1.54, 1.807) is 0 Å². The van der Waals surface area contributed by atoms with Gasteiger partial charge in [0.25, 0.3) is 0 Å². The van der Waals surface area contributed by atoms with Gasteiger partial charge in [0.15, 0.2) is 5.75 Å². The van der Waals surface area contributed by atoms with Crippen molar-refractivity contribution < 1.29 is 18.3 Å². The zero-order chi connectivity index (χ0) is 12.9. The number of hydrogen-bond acceptors (Lipinski definition) is 0. The zero-order valence-electron chi connectivity index (χ0n) is 9.21. The summed E-state index contributed by atoms with van der Waals surface area (Å²) in [6, 6.07) is 9.57. The number of halogens is 3. The van der Waals surface area contributed by atoms with Crippen molar-refractivity contribution in [2.45, 2.75) is 12.6 Å². The summed E-state index contributed by atoms with van der Waals surface area (Å²) in [6.07, 6.45) is -4.30. The Labute approximate surface area is 102 Å². The van der Waals surface area contributed by atoms with Crippen molar-refractivity contribution in [2.24, 2.45) is 0 Å². The minimum absolute atomic E-state index is 0.256. The van der Waals surface area contributed by atoms with Crippen LogP contribution >= 0.6 is 0 Å². The SMILES string of the molecule is [O]c1c(C(F)(F)F)ccc2c1Cc1ccccc1-2. The average Bonchev–Trinajstić information content (AvgIpc) is 2.68. The van der Waals surface area contributed by atoms with Gasteiger partial charge in [-0.25, -0.2) is 0 Å². The van der Waals surface area contributed by atoms with Gasteiger partial charge < -0.3 is 0 Å². The molecule has 0 spiro atoms. The highest BCUT2D eigenvalue weighted by atomic mass is 19.4. The summed E-state index contributed by atoms with van der Waals surface area (Å²) < 4.78 is 37.9. The molecule has 2 aromatic rings. The van der Waals surface area contributed by atoms with Crippen LogP contribution < -0.4 is 0 Å². The molecule has 4 heteroatoms. The molecule has 3 rings (SSSR count). The Morgan fingerprint density at radius 2 is 1.67 bits per heavy atom. The van der Waals surface area contributed by atoms with E-state index < -0.39 is 17.5 Å².